The molecule has 0 radical (unpaired) electrons. The van der Waals surface area contributed by atoms with E-state index in [9.17, 15) is 4.79 Å². The highest BCUT2D eigenvalue weighted by Crippen LogP contribution is 2.21. The molecule has 0 aliphatic carbocycles. The van der Waals surface area contributed by atoms with Crippen LogP contribution in [-0.4, -0.2) is 29.0 Å². The van der Waals surface area contributed by atoms with Gasteiger partial charge in [0.05, 0.1) is 5.92 Å². The van der Waals surface area contributed by atoms with Crippen LogP contribution in [0.2, 0.25) is 0 Å². The molecule has 100 valence electrons. The summed E-state index contributed by atoms with van der Waals surface area (Å²) in [7, 11) is 0. The van der Waals surface area contributed by atoms with Crippen LogP contribution < -0.4 is 4.90 Å². The average molecular weight is 251 g/mol. The van der Waals surface area contributed by atoms with Gasteiger partial charge in [0.1, 0.15) is 5.78 Å². The van der Waals surface area contributed by atoms with E-state index in [0.717, 1.165) is 13.1 Å². The van der Waals surface area contributed by atoms with Crippen molar-refractivity contribution in [3.63, 3.8) is 0 Å². The largest absolute Gasteiger partial charge is 0.338 e. The van der Waals surface area contributed by atoms with E-state index in [1.807, 2.05) is 13.8 Å². The van der Waals surface area contributed by atoms with Gasteiger partial charge in [-0.25, -0.2) is 0 Å². The Morgan fingerprint density at radius 3 is 2.61 bits per heavy atom. The fourth-order valence-electron chi connectivity index (χ4n) is 2.25. The van der Waals surface area contributed by atoms with Gasteiger partial charge in [0.2, 0.25) is 5.89 Å². The number of ketones is 1. The predicted molar refractivity (Wildman–Crippen MR) is 68.7 cm³/mol. The van der Waals surface area contributed by atoms with Gasteiger partial charge in [-0.3, -0.25) is 4.79 Å². The molecule has 0 N–H and O–H groups in total. The van der Waals surface area contributed by atoms with Crippen molar-refractivity contribution < 1.29 is 9.32 Å². The van der Waals surface area contributed by atoms with Gasteiger partial charge >= 0.3 is 0 Å². The van der Waals surface area contributed by atoms with Crippen LogP contribution in [0.4, 0.5) is 5.95 Å². The zero-order valence-corrected chi connectivity index (χ0v) is 11.2. The first-order valence-electron chi connectivity index (χ1n) is 6.83. The summed E-state index contributed by atoms with van der Waals surface area (Å²) < 4.78 is 5.22. The van der Waals surface area contributed by atoms with Crippen molar-refractivity contribution in [2.24, 2.45) is 0 Å². The molecule has 1 atom stereocenters. The van der Waals surface area contributed by atoms with Crippen molar-refractivity contribution in [1.82, 2.24) is 10.1 Å². The lowest BCUT2D eigenvalue weighted by Crippen LogP contribution is -2.25. The zero-order chi connectivity index (χ0) is 13.0. The first-order chi connectivity index (χ1) is 8.72. The molecule has 0 spiro atoms. The van der Waals surface area contributed by atoms with Crippen molar-refractivity contribution in [1.29, 1.82) is 0 Å². The second-order valence-electron chi connectivity index (χ2n) is 4.88. The third-order valence-corrected chi connectivity index (χ3v) is 3.52. The van der Waals surface area contributed by atoms with Crippen molar-refractivity contribution >= 4 is 11.7 Å². The van der Waals surface area contributed by atoms with E-state index in [2.05, 4.69) is 15.0 Å². The number of anilines is 1. The Labute approximate surface area is 108 Å². The average Bonchev–Trinajstić information content (AvgIpc) is 2.72. The smallest absolute Gasteiger partial charge is 0.266 e. The molecule has 2 heterocycles. The summed E-state index contributed by atoms with van der Waals surface area (Å²) in [6, 6.07) is 0. The van der Waals surface area contributed by atoms with E-state index >= 15 is 0 Å². The van der Waals surface area contributed by atoms with Crippen molar-refractivity contribution in [3.05, 3.63) is 5.89 Å². The van der Waals surface area contributed by atoms with Crippen LogP contribution in [0.1, 0.15) is 57.8 Å². The fourth-order valence-corrected chi connectivity index (χ4v) is 2.25. The first kappa shape index (κ1) is 13.1. The van der Waals surface area contributed by atoms with Crippen LogP contribution >= 0.6 is 0 Å². The van der Waals surface area contributed by atoms with E-state index in [1.54, 1.807) is 0 Å². The lowest BCUT2D eigenvalue weighted by Gasteiger charge is -2.16. The van der Waals surface area contributed by atoms with Crippen LogP contribution in [0.25, 0.3) is 0 Å². The van der Waals surface area contributed by atoms with Gasteiger partial charge in [-0.1, -0.05) is 19.8 Å². The first-order valence-corrected chi connectivity index (χ1v) is 6.83. The Bertz CT molecular complexity index is 395. The van der Waals surface area contributed by atoms with E-state index in [-0.39, 0.29) is 11.7 Å². The molecule has 5 nitrogen and oxygen atoms in total. The van der Waals surface area contributed by atoms with E-state index < -0.39 is 0 Å². The molecule has 0 bridgehead atoms. The SMILES string of the molecule is CCC(=O)C(C)c1nc(N2CCCCCC2)no1. The quantitative estimate of drug-likeness (QED) is 0.823. The van der Waals surface area contributed by atoms with Crippen molar-refractivity contribution in [2.75, 3.05) is 18.0 Å². The second kappa shape index (κ2) is 5.98. The molecule has 0 saturated carbocycles. The summed E-state index contributed by atoms with van der Waals surface area (Å²) >= 11 is 0. The minimum atomic E-state index is -0.289. The lowest BCUT2D eigenvalue weighted by atomic mass is 10.1. The summed E-state index contributed by atoms with van der Waals surface area (Å²) in [5, 5.41) is 4.01. The topological polar surface area (TPSA) is 59.2 Å². The molecule has 1 fully saturated rings. The maximum Gasteiger partial charge on any atom is 0.266 e. The van der Waals surface area contributed by atoms with Crippen LogP contribution in [0.5, 0.6) is 0 Å². The Morgan fingerprint density at radius 2 is 2.00 bits per heavy atom. The Kier molecular flexibility index (Phi) is 4.33. The second-order valence-corrected chi connectivity index (χ2v) is 4.88. The van der Waals surface area contributed by atoms with Crippen LogP contribution in [0, 0.1) is 0 Å². The Balaban J connectivity index is 2.06. The van der Waals surface area contributed by atoms with Crippen LogP contribution in [0.3, 0.4) is 0 Å². The number of nitrogens with zero attached hydrogens (tertiary/aromatic N) is 3. The molecular formula is C13H21N3O2. The van der Waals surface area contributed by atoms with Gasteiger partial charge in [-0.05, 0) is 24.9 Å². The number of Topliss-reactive ketones (excluding diaryl/α,β-unsaturated/α-hetero) is 1. The summed E-state index contributed by atoms with van der Waals surface area (Å²) in [6.07, 6.45) is 5.39. The monoisotopic (exact) mass is 251 g/mol. The number of rotatable bonds is 4. The van der Waals surface area contributed by atoms with Gasteiger partial charge < -0.3 is 9.42 Å². The van der Waals surface area contributed by atoms with Gasteiger partial charge in [-0.15, -0.1) is 0 Å². The molecule has 2 rings (SSSR count). The predicted octanol–water partition coefficient (Wildman–Crippen LogP) is 2.53. The minimum absolute atomic E-state index is 0.140. The number of hydrogen-bond acceptors (Lipinski definition) is 5. The highest BCUT2D eigenvalue weighted by atomic mass is 16.5. The number of carbonyl (C=O) groups is 1. The standard InChI is InChI=1S/C13H21N3O2/c1-3-11(17)10(2)12-14-13(15-18-12)16-8-6-4-5-7-9-16/h10H,3-9H2,1-2H3. The molecular weight excluding hydrogens is 230 g/mol. The van der Waals surface area contributed by atoms with Crippen LogP contribution in [0.15, 0.2) is 4.52 Å². The molecule has 1 aromatic rings. The third-order valence-electron chi connectivity index (χ3n) is 3.52. The Morgan fingerprint density at radius 1 is 1.33 bits per heavy atom. The minimum Gasteiger partial charge on any atom is -0.338 e. The van der Waals surface area contributed by atoms with Crippen molar-refractivity contribution in [2.45, 2.75) is 51.9 Å². The van der Waals surface area contributed by atoms with Crippen LogP contribution in [-0.2, 0) is 4.79 Å². The molecule has 18 heavy (non-hydrogen) atoms. The number of hydrogen-bond donors (Lipinski definition) is 0. The number of carbonyl (C=O) groups excluding carboxylic acids is 1. The fraction of sp³-hybridized carbons (Fsp3) is 0.769. The molecule has 1 unspecified atom stereocenters. The molecule has 5 heteroatoms. The Hall–Kier alpha value is -1.39. The molecule has 0 aromatic carbocycles. The lowest BCUT2D eigenvalue weighted by molar-refractivity contribution is -0.120. The van der Waals surface area contributed by atoms with E-state index in [4.69, 9.17) is 4.52 Å². The van der Waals surface area contributed by atoms with Gasteiger partial charge in [0, 0.05) is 19.5 Å². The van der Waals surface area contributed by atoms with Gasteiger partial charge in [0.25, 0.3) is 5.95 Å². The molecule has 0 amide bonds. The summed E-state index contributed by atoms with van der Waals surface area (Å²) in [4.78, 5) is 18.1. The molecule has 1 aromatic heterocycles. The molecule has 1 aliphatic heterocycles. The summed E-state index contributed by atoms with van der Waals surface area (Å²) in [5.41, 5.74) is 0. The van der Waals surface area contributed by atoms with Gasteiger partial charge in [-0.2, -0.15) is 4.98 Å². The zero-order valence-electron chi connectivity index (χ0n) is 11.2. The highest BCUT2D eigenvalue weighted by molar-refractivity contribution is 5.84. The summed E-state index contributed by atoms with van der Waals surface area (Å²) in [5.74, 6) is 0.938. The summed E-state index contributed by atoms with van der Waals surface area (Å²) in [6.45, 7) is 5.64. The highest BCUT2D eigenvalue weighted by Gasteiger charge is 2.22. The van der Waals surface area contributed by atoms with Crippen molar-refractivity contribution in [3.8, 4) is 0 Å². The maximum absolute atomic E-state index is 11.6. The van der Waals surface area contributed by atoms with Gasteiger partial charge in [0.15, 0.2) is 0 Å². The maximum atomic E-state index is 11.6. The third kappa shape index (κ3) is 2.89. The molecule has 1 aliphatic rings. The molecule has 1 saturated heterocycles. The van der Waals surface area contributed by atoms with E-state index in [0.29, 0.717) is 18.3 Å². The van der Waals surface area contributed by atoms with E-state index in [1.165, 1.54) is 25.7 Å². The number of aromatic nitrogens is 2. The normalized spacial score (nSPS) is 18.4.